The molecule has 3 rings (SSSR count). The summed E-state index contributed by atoms with van der Waals surface area (Å²) in [7, 11) is 2.25. The molecular formula is C20H25N. The van der Waals surface area contributed by atoms with E-state index in [1.807, 2.05) is 0 Å². The topological polar surface area (TPSA) is 3.24 Å². The van der Waals surface area contributed by atoms with E-state index in [4.69, 9.17) is 0 Å². The highest BCUT2D eigenvalue weighted by Gasteiger charge is 2.38. The van der Waals surface area contributed by atoms with Crippen molar-refractivity contribution < 1.29 is 0 Å². The van der Waals surface area contributed by atoms with Gasteiger partial charge in [-0.15, -0.1) is 0 Å². The minimum absolute atomic E-state index is 0.0944. The van der Waals surface area contributed by atoms with Gasteiger partial charge in [0.25, 0.3) is 0 Å². The van der Waals surface area contributed by atoms with Crippen LogP contribution in [0.4, 0.5) is 0 Å². The van der Waals surface area contributed by atoms with Crippen LogP contribution < -0.4 is 0 Å². The highest BCUT2D eigenvalue weighted by molar-refractivity contribution is 5.39. The van der Waals surface area contributed by atoms with Gasteiger partial charge in [-0.25, -0.2) is 0 Å². The van der Waals surface area contributed by atoms with E-state index in [9.17, 15) is 0 Å². The van der Waals surface area contributed by atoms with E-state index in [0.717, 1.165) is 0 Å². The van der Waals surface area contributed by atoms with Gasteiger partial charge in [0.1, 0.15) is 0 Å². The first-order valence-electron chi connectivity index (χ1n) is 8.01. The van der Waals surface area contributed by atoms with Crippen molar-refractivity contribution in [1.29, 1.82) is 0 Å². The standard InChI is InChI=1S/C20H25N/c1-20(17-10-5-3-6-11-17,18-12-7-4-8-13-18)19-14-9-15-21(2)16-19/h3-8,10-13,19H,9,14-16H2,1-2H3. The summed E-state index contributed by atoms with van der Waals surface area (Å²) in [4.78, 5) is 2.48. The smallest absolute Gasteiger partial charge is 0.0215 e. The maximum atomic E-state index is 2.48. The first-order valence-corrected chi connectivity index (χ1v) is 8.01. The van der Waals surface area contributed by atoms with Crippen LogP contribution in [0.3, 0.4) is 0 Å². The molecule has 1 heterocycles. The molecule has 0 N–H and O–H groups in total. The lowest BCUT2D eigenvalue weighted by atomic mass is 9.65. The van der Waals surface area contributed by atoms with E-state index < -0.39 is 0 Å². The number of piperidine rings is 1. The summed E-state index contributed by atoms with van der Waals surface area (Å²) in [5.41, 5.74) is 2.98. The number of likely N-dealkylation sites (tertiary alicyclic amines) is 1. The van der Waals surface area contributed by atoms with Crippen molar-refractivity contribution in [3.8, 4) is 0 Å². The number of hydrogen-bond donors (Lipinski definition) is 0. The molecule has 110 valence electrons. The van der Waals surface area contributed by atoms with Gasteiger partial charge in [0, 0.05) is 12.0 Å². The second-order valence-corrected chi connectivity index (χ2v) is 6.54. The molecule has 0 radical (unpaired) electrons. The SMILES string of the molecule is CN1CCCC(C(C)(c2ccccc2)c2ccccc2)C1. The maximum Gasteiger partial charge on any atom is 0.0215 e. The number of benzene rings is 2. The fourth-order valence-corrected chi connectivity index (χ4v) is 3.84. The van der Waals surface area contributed by atoms with Crippen LogP contribution in [0.5, 0.6) is 0 Å². The summed E-state index contributed by atoms with van der Waals surface area (Å²) >= 11 is 0. The van der Waals surface area contributed by atoms with Crippen molar-refractivity contribution >= 4 is 0 Å². The molecule has 0 aromatic heterocycles. The Hall–Kier alpha value is -1.60. The molecule has 1 atom stereocenters. The Morgan fingerprint density at radius 1 is 0.905 bits per heavy atom. The summed E-state index contributed by atoms with van der Waals surface area (Å²) in [6.45, 7) is 4.85. The van der Waals surface area contributed by atoms with Crippen molar-refractivity contribution in [1.82, 2.24) is 4.90 Å². The van der Waals surface area contributed by atoms with Gasteiger partial charge in [-0.05, 0) is 43.5 Å². The van der Waals surface area contributed by atoms with Crippen LogP contribution in [0.25, 0.3) is 0 Å². The molecule has 0 amide bonds. The van der Waals surface area contributed by atoms with Crippen molar-refractivity contribution in [2.45, 2.75) is 25.2 Å². The van der Waals surface area contributed by atoms with E-state index >= 15 is 0 Å². The number of hydrogen-bond acceptors (Lipinski definition) is 1. The lowest BCUT2D eigenvalue weighted by Crippen LogP contribution is -2.43. The van der Waals surface area contributed by atoms with Crippen LogP contribution >= 0.6 is 0 Å². The first-order chi connectivity index (χ1) is 10.2. The molecule has 1 fully saturated rings. The predicted molar refractivity (Wildman–Crippen MR) is 89.6 cm³/mol. The molecular weight excluding hydrogens is 254 g/mol. The summed E-state index contributed by atoms with van der Waals surface area (Å²) in [5, 5.41) is 0. The average molecular weight is 279 g/mol. The molecule has 2 aromatic rings. The molecule has 1 aliphatic heterocycles. The van der Waals surface area contributed by atoms with Crippen LogP contribution in [-0.2, 0) is 5.41 Å². The zero-order valence-corrected chi connectivity index (χ0v) is 13.1. The third-order valence-electron chi connectivity index (χ3n) is 5.19. The van der Waals surface area contributed by atoms with Crippen LogP contribution in [-0.4, -0.2) is 25.0 Å². The first kappa shape index (κ1) is 14.3. The molecule has 1 aliphatic rings. The Labute approximate surface area is 128 Å². The van der Waals surface area contributed by atoms with Gasteiger partial charge in [0.05, 0.1) is 0 Å². The highest BCUT2D eigenvalue weighted by Crippen LogP contribution is 2.42. The van der Waals surface area contributed by atoms with Crippen molar-refractivity contribution in [2.24, 2.45) is 5.92 Å². The zero-order chi connectivity index (χ0) is 14.7. The lowest BCUT2D eigenvalue weighted by Gasteiger charge is -2.43. The summed E-state index contributed by atoms with van der Waals surface area (Å²) in [5.74, 6) is 0.668. The molecule has 0 saturated carbocycles. The third kappa shape index (κ3) is 2.75. The highest BCUT2D eigenvalue weighted by atomic mass is 15.1. The minimum atomic E-state index is 0.0944. The Bertz CT molecular complexity index is 521. The van der Waals surface area contributed by atoms with E-state index in [2.05, 4.69) is 79.5 Å². The maximum absolute atomic E-state index is 2.48. The number of nitrogens with zero attached hydrogens (tertiary/aromatic N) is 1. The molecule has 0 aliphatic carbocycles. The third-order valence-corrected chi connectivity index (χ3v) is 5.19. The van der Waals surface area contributed by atoms with Crippen LogP contribution in [0.15, 0.2) is 60.7 Å². The van der Waals surface area contributed by atoms with Gasteiger partial charge in [-0.1, -0.05) is 67.6 Å². The number of rotatable bonds is 3. The average Bonchev–Trinajstić information content (AvgIpc) is 2.56. The quantitative estimate of drug-likeness (QED) is 0.808. The largest absolute Gasteiger partial charge is 0.306 e. The Kier molecular flexibility index (Phi) is 4.12. The fourth-order valence-electron chi connectivity index (χ4n) is 3.84. The lowest BCUT2D eigenvalue weighted by molar-refractivity contribution is 0.161. The summed E-state index contributed by atoms with van der Waals surface area (Å²) in [6, 6.07) is 22.1. The van der Waals surface area contributed by atoms with Crippen molar-refractivity contribution in [3.63, 3.8) is 0 Å². The molecule has 0 bridgehead atoms. The Morgan fingerprint density at radius 2 is 1.43 bits per heavy atom. The monoisotopic (exact) mass is 279 g/mol. The predicted octanol–water partition coefficient (Wildman–Crippen LogP) is 4.33. The molecule has 1 saturated heterocycles. The summed E-state index contributed by atoms with van der Waals surface area (Å²) < 4.78 is 0. The normalized spacial score (nSPS) is 20.4. The second-order valence-electron chi connectivity index (χ2n) is 6.54. The van der Waals surface area contributed by atoms with E-state index in [1.54, 1.807) is 0 Å². The van der Waals surface area contributed by atoms with Crippen LogP contribution in [0, 0.1) is 5.92 Å². The Morgan fingerprint density at radius 3 is 1.90 bits per heavy atom. The van der Waals surface area contributed by atoms with Crippen LogP contribution in [0.1, 0.15) is 30.9 Å². The van der Waals surface area contributed by atoms with Crippen LogP contribution in [0.2, 0.25) is 0 Å². The van der Waals surface area contributed by atoms with Crippen molar-refractivity contribution in [2.75, 3.05) is 20.1 Å². The molecule has 2 aromatic carbocycles. The van der Waals surface area contributed by atoms with Crippen molar-refractivity contribution in [3.05, 3.63) is 71.8 Å². The van der Waals surface area contributed by atoms with Gasteiger partial charge >= 0.3 is 0 Å². The molecule has 1 unspecified atom stereocenters. The van der Waals surface area contributed by atoms with Gasteiger partial charge in [0.15, 0.2) is 0 Å². The minimum Gasteiger partial charge on any atom is -0.306 e. The van der Waals surface area contributed by atoms with Gasteiger partial charge in [-0.2, -0.15) is 0 Å². The molecule has 1 nitrogen and oxygen atoms in total. The Balaban J connectivity index is 2.07. The molecule has 1 heteroatoms. The summed E-state index contributed by atoms with van der Waals surface area (Å²) in [6.07, 6.45) is 2.61. The van der Waals surface area contributed by atoms with Gasteiger partial charge in [-0.3, -0.25) is 0 Å². The van der Waals surface area contributed by atoms with E-state index in [0.29, 0.717) is 5.92 Å². The fraction of sp³-hybridized carbons (Fsp3) is 0.400. The van der Waals surface area contributed by atoms with Gasteiger partial charge in [0.2, 0.25) is 0 Å². The van der Waals surface area contributed by atoms with E-state index in [1.165, 1.54) is 37.1 Å². The molecule has 0 spiro atoms. The molecule has 21 heavy (non-hydrogen) atoms. The second kappa shape index (κ2) is 6.03. The van der Waals surface area contributed by atoms with E-state index in [-0.39, 0.29) is 5.41 Å². The zero-order valence-electron chi connectivity index (χ0n) is 13.1. The van der Waals surface area contributed by atoms with Gasteiger partial charge < -0.3 is 4.90 Å².